The second kappa shape index (κ2) is 3.59. The average molecular weight is 142 g/mol. The van der Waals surface area contributed by atoms with Crippen molar-refractivity contribution in [3.63, 3.8) is 0 Å². The van der Waals surface area contributed by atoms with Crippen LogP contribution in [0, 0.1) is 5.41 Å². The van der Waals surface area contributed by atoms with Crippen LogP contribution in [-0.4, -0.2) is 5.71 Å². The summed E-state index contributed by atoms with van der Waals surface area (Å²) in [6, 6.07) is 0. The Morgan fingerprint density at radius 2 is 1.90 bits per heavy atom. The SMILES string of the molecule is C/C(CCC(C)(C)C)=N\N. The van der Waals surface area contributed by atoms with E-state index in [0.717, 1.165) is 18.6 Å². The third-order valence-electron chi connectivity index (χ3n) is 1.46. The quantitative estimate of drug-likeness (QED) is 0.358. The molecule has 0 rings (SSSR count). The largest absolute Gasteiger partial charge is 0.323 e. The zero-order valence-electron chi connectivity index (χ0n) is 7.44. The summed E-state index contributed by atoms with van der Waals surface area (Å²) in [5.41, 5.74) is 1.43. The smallest absolute Gasteiger partial charge is 0.0345 e. The van der Waals surface area contributed by atoms with Crippen molar-refractivity contribution in [1.82, 2.24) is 0 Å². The van der Waals surface area contributed by atoms with E-state index in [4.69, 9.17) is 5.84 Å². The van der Waals surface area contributed by atoms with Gasteiger partial charge in [0.05, 0.1) is 0 Å². The maximum atomic E-state index is 5.09. The molecule has 0 aliphatic rings. The maximum absolute atomic E-state index is 5.09. The molecule has 0 unspecified atom stereocenters. The van der Waals surface area contributed by atoms with Gasteiger partial charge in [0.2, 0.25) is 0 Å². The molecule has 0 aliphatic carbocycles. The monoisotopic (exact) mass is 142 g/mol. The molecule has 0 atom stereocenters. The fraction of sp³-hybridized carbons (Fsp3) is 0.875. The van der Waals surface area contributed by atoms with Crippen molar-refractivity contribution >= 4 is 5.71 Å². The van der Waals surface area contributed by atoms with Crippen molar-refractivity contribution in [2.45, 2.75) is 40.5 Å². The highest BCUT2D eigenvalue weighted by molar-refractivity contribution is 5.81. The van der Waals surface area contributed by atoms with Crippen LogP contribution in [0.4, 0.5) is 0 Å². The summed E-state index contributed by atoms with van der Waals surface area (Å²) in [5.74, 6) is 5.09. The fourth-order valence-corrected chi connectivity index (χ4v) is 0.620. The van der Waals surface area contributed by atoms with Crippen LogP contribution in [0.2, 0.25) is 0 Å². The highest BCUT2D eigenvalue weighted by atomic mass is 15.1. The lowest BCUT2D eigenvalue weighted by Crippen LogP contribution is -2.08. The molecule has 2 heteroatoms. The van der Waals surface area contributed by atoms with Gasteiger partial charge >= 0.3 is 0 Å². The molecule has 2 nitrogen and oxygen atoms in total. The summed E-state index contributed by atoms with van der Waals surface area (Å²) in [4.78, 5) is 0. The topological polar surface area (TPSA) is 38.4 Å². The molecule has 0 aromatic rings. The van der Waals surface area contributed by atoms with Gasteiger partial charge in [0.1, 0.15) is 0 Å². The van der Waals surface area contributed by atoms with Crippen LogP contribution in [0.1, 0.15) is 40.5 Å². The molecule has 10 heavy (non-hydrogen) atoms. The standard InChI is InChI=1S/C8H18N2/c1-7(10-9)5-6-8(2,3)4/h5-6,9H2,1-4H3/b10-7+. The summed E-state index contributed by atoms with van der Waals surface area (Å²) < 4.78 is 0. The first-order chi connectivity index (χ1) is 4.45. The summed E-state index contributed by atoms with van der Waals surface area (Å²) in [7, 11) is 0. The second-order valence-electron chi connectivity index (χ2n) is 3.93. The molecule has 0 aromatic carbocycles. The lowest BCUT2D eigenvalue weighted by Gasteiger charge is -2.16. The first-order valence-corrected chi connectivity index (χ1v) is 3.69. The van der Waals surface area contributed by atoms with E-state index in [1.54, 1.807) is 0 Å². The Morgan fingerprint density at radius 1 is 1.40 bits per heavy atom. The maximum Gasteiger partial charge on any atom is 0.0345 e. The van der Waals surface area contributed by atoms with Gasteiger partial charge in [0.25, 0.3) is 0 Å². The molecule has 0 saturated heterocycles. The normalized spacial score (nSPS) is 13.8. The average Bonchev–Trinajstić information content (AvgIpc) is 1.81. The van der Waals surface area contributed by atoms with E-state index in [9.17, 15) is 0 Å². The number of hydrazone groups is 1. The van der Waals surface area contributed by atoms with Crippen LogP contribution in [0.5, 0.6) is 0 Å². The first kappa shape index (κ1) is 9.47. The summed E-state index contributed by atoms with van der Waals surface area (Å²) in [6.45, 7) is 8.62. The lowest BCUT2D eigenvalue weighted by molar-refractivity contribution is 0.386. The van der Waals surface area contributed by atoms with E-state index in [-0.39, 0.29) is 0 Å². The van der Waals surface area contributed by atoms with E-state index >= 15 is 0 Å². The van der Waals surface area contributed by atoms with Gasteiger partial charge in [-0.05, 0) is 25.2 Å². The Kier molecular flexibility index (Phi) is 3.40. The Morgan fingerprint density at radius 3 is 2.20 bits per heavy atom. The molecule has 0 bridgehead atoms. The van der Waals surface area contributed by atoms with Gasteiger partial charge in [-0.2, -0.15) is 5.10 Å². The number of rotatable bonds is 2. The molecular formula is C8H18N2. The van der Waals surface area contributed by atoms with Crippen LogP contribution in [0.25, 0.3) is 0 Å². The predicted octanol–water partition coefficient (Wildman–Crippen LogP) is 2.15. The summed E-state index contributed by atoms with van der Waals surface area (Å²) in [5, 5.41) is 3.61. The van der Waals surface area contributed by atoms with Crippen LogP contribution in [0.3, 0.4) is 0 Å². The van der Waals surface area contributed by atoms with Crippen LogP contribution >= 0.6 is 0 Å². The van der Waals surface area contributed by atoms with Gasteiger partial charge in [0, 0.05) is 5.71 Å². The Labute approximate surface area is 63.5 Å². The van der Waals surface area contributed by atoms with E-state index < -0.39 is 0 Å². The highest BCUT2D eigenvalue weighted by Crippen LogP contribution is 2.20. The van der Waals surface area contributed by atoms with Gasteiger partial charge < -0.3 is 5.84 Å². The number of hydrogen-bond donors (Lipinski definition) is 1. The molecule has 0 saturated carbocycles. The third-order valence-corrected chi connectivity index (χ3v) is 1.46. The number of hydrogen-bond acceptors (Lipinski definition) is 2. The van der Waals surface area contributed by atoms with Gasteiger partial charge in [-0.3, -0.25) is 0 Å². The van der Waals surface area contributed by atoms with Gasteiger partial charge in [-0.15, -0.1) is 0 Å². The molecule has 0 heterocycles. The molecule has 2 N–H and O–H groups in total. The van der Waals surface area contributed by atoms with Crippen LogP contribution < -0.4 is 5.84 Å². The van der Waals surface area contributed by atoms with Crippen LogP contribution in [-0.2, 0) is 0 Å². The van der Waals surface area contributed by atoms with Crippen molar-refractivity contribution in [2.75, 3.05) is 0 Å². The van der Waals surface area contributed by atoms with Crippen LogP contribution in [0.15, 0.2) is 5.10 Å². The van der Waals surface area contributed by atoms with E-state index in [0.29, 0.717) is 5.41 Å². The molecule has 0 fully saturated rings. The van der Waals surface area contributed by atoms with E-state index in [1.807, 2.05) is 6.92 Å². The van der Waals surface area contributed by atoms with Gasteiger partial charge in [0.15, 0.2) is 0 Å². The Bertz CT molecular complexity index is 120. The van der Waals surface area contributed by atoms with Gasteiger partial charge in [-0.25, -0.2) is 0 Å². The molecular weight excluding hydrogens is 124 g/mol. The molecule has 0 aliphatic heterocycles. The first-order valence-electron chi connectivity index (χ1n) is 3.69. The van der Waals surface area contributed by atoms with Crippen molar-refractivity contribution in [2.24, 2.45) is 16.4 Å². The second-order valence-corrected chi connectivity index (χ2v) is 3.93. The summed E-state index contributed by atoms with van der Waals surface area (Å²) >= 11 is 0. The fourth-order valence-electron chi connectivity index (χ4n) is 0.620. The molecule has 0 spiro atoms. The van der Waals surface area contributed by atoms with Crippen molar-refractivity contribution in [3.8, 4) is 0 Å². The van der Waals surface area contributed by atoms with Gasteiger partial charge in [-0.1, -0.05) is 20.8 Å². The van der Waals surface area contributed by atoms with Crippen molar-refractivity contribution < 1.29 is 0 Å². The minimum absolute atomic E-state index is 0.395. The molecule has 0 amide bonds. The zero-order chi connectivity index (χ0) is 8.20. The lowest BCUT2D eigenvalue weighted by atomic mass is 9.90. The number of nitrogens with two attached hydrogens (primary N) is 1. The number of nitrogens with zero attached hydrogens (tertiary/aromatic N) is 1. The van der Waals surface area contributed by atoms with E-state index in [2.05, 4.69) is 25.9 Å². The highest BCUT2D eigenvalue weighted by Gasteiger charge is 2.09. The molecule has 60 valence electrons. The summed E-state index contributed by atoms with van der Waals surface area (Å²) in [6.07, 6.45) is 2.17. The third kappa shape index (κ3) is 5.60. The zero-order valence-corrected chi connectivity index (χ0v) is 7.44. The minimum Gasteiger partial charge on any atom is -0.323 e. The molecule has 0 aromatic heterocycles. The molecule has 0 radical (unpaired) electrons. The Balaban J connectivity index is 3.56. The van der Waals surface area contributed by atoms with E-state index in [1.165, 1.54) is 0 Å². The Hall–Kier alpha value is -0.530. The minimum atomic E-state index is 0.395. The van der Waals surface area contributed by atoms with Crippen molar-refractivity contribution in [3.05, 3.63) is 0 Å². The predicted molar refractivity (Wildman–Crippen MR) is 46.0 cm³/mol. The van der Waals surface area contributed by atoms with Crippen molar-refractivity contribution in [1.29, 1.82) is 0 Å².